The first-order chi connectivity index (χ1) is 12.5. The first-order valence-electron chi connectivity index (χ1n) is 8.80. The molecule has 10 heteroatoms. The largest absolute Gasteiger partial charge is 0.445 e. The predicted molar refractivity (Wildman–Crippen MR) is 93.6 cm³/mol. The Morgan fingerprint density at radius 1 is 1.30 bits per heavy atom. The number of halogens is 1. The van der Waals surface area contributed by atoms with E-state index in [1.54, 1.807) is 0 Å². The van der Waals surface area contributed by atoms with Crippen LogP contribution in [0.2, 0.25) is 0 Å². The molecule has 152 valence electrons. The summed E-state index contributed by atoms with van der Waals surface area (Å²) >= 11 is 0. The van der Waals surface area contributed by atoms with Crippen LogP contribution in [0.1, 0.15) is 40.8 Å². The van der Waals surface area contributed by atoms with Crippen molar-refractivity contribution in [3.63, 3.8) is 0 Å². The number of aromatic nitrogens is 2. The molecule has 0 bridgehead atoms. The molecule has 1 aliphatic rings. The standard InChI is InChI=1S/C17H26FN3O6/c1-7(2)13(8(3)4)27-17(25)20-14-10(18)6-21(16(24)19-14)15-12(23)11(22)9(5)26-15/h6-9,11-13,15,22-23H,1-5H3,(H,19,20,24,25)/t9-,11-,12-,15-/m1/s1. The molecule has 0 saturated carbocycles. The lowest BCUT2D eigenvalue weighted by atomic mass is 9.96. The number of hydrogen-bond donors (Lipinski definition) is 3. The van der Waals surface area contributed by atoms with Crippen molar-refractivity contribution in [2.24, 2.45) is 11.8 Å². The highest BCUT2D eigenvalue weighted by molar-refractivity contribution is 5.83. The average molecular weight is 387 g/mol. The molecule has 2 heterocycles. The van der Waals surface area contributed by atoms with Gasteiger partial charge in [-0.3, -0.25) is 9.88 Å². The normalized spacial score (nSPS) is 25.4. The van der Waals surface area contributed by atoms with Gasteiger partial charge in [0, 0.05) is 0 Å². The molecule has 9 nitrogen and oxygen atoms in total. The molecule has 27 heavy (non-hydrogen) atoms. The maximum atomic E-state index is 14.3. The Morgan fingerprint density at radius 3 is 2.37 bits per heavy atom. The number of carbonyl (C=O) groups excluding carboxylic acids is 1. The Morgan fingerprint density at radius 2 is 1.89 bits per heavy atom. The fraction of sp³-hybridized carbons (Fsp3) is 0.706. The third-order valence-electron chi connectivity index (χ3n) is 4.44. The number of carbonyl (C=O) groups is 1. The predicted octanol–water partition coefficient (Wildman–Crippen LogP) is 1.25. The van der Waals surface area contributed by atoms with Crippen LogP contribution in [-0.2, 0) is 9.47 Å². The van der Waals surface area contributed by atoms with Crippen molar-refractivity contribution < 1.29 is 28.9 Å². The lowest BCUT2D eigenvalue weighted by Gasteiger charge is -2.24. The summed E-state index contributed by atoms with van der Waals surface area (Å²) in [6.07, 6.45) is -5.22. The van der Waals surface area contributed by atoms with Crippen LogP contribution in [0.4, 0.5) is 15.0 Å². The zero-order chi connectivity index (χ0) is 20.5. The molecular formula is C17H26FN3O6. The highest BCUT2D eigenvalue weighted by Gasteiger charge is 2.42. The minimum atomic E-state index is -1.42. The van der Waals surface area contributed by atoms with Crippen LogP contribution in [0, 0.1) is 17.7 Å². The van der Waals surface area contributed by atoms with Gasteiger partial charge >= 0.3 is 11.8 Å². The van der Waals surface area contributed by atoms with E-state index >= 15 is 0 Å². The number of amides is 1. The maximum absolute atomic E-state index is 14.3. The van der Waals surface area contributed by atoms with Gasteiger partial charge in [0.2, 0.25) is 0 Å². The second-order valence-corrected chi connectivity index (χ2v) is 7.32. The molecule has 2 rings (SSSR count). The molecular weight excluding hydrogens is 361 g/mol. The maximum Gasteiger partial charge on any atom is 0.413 e. The zero-order valence-electron chi connectivity index (χ0n) is 15.9. The number of anilines is 1. The summed E-state index contributed by atoms with van der Waals surface area (Å²) in [6.45, 7) is 9.07. The number of nitrogens with zero attached hydrogens (tertiary/aromatic N) is 2. The second kappa shape index (κ2) is 8.32. The lowest BCUT2D eigenvalue weighted by molar-refractivity contribution is -0.0355. The van der Waals surface area contributed by atoms with E-state index in [0.29, 0.717) is 0 Å². The van der Waals surface area contributed by atoms with E-state index in [-0.39, 0.29) is 11.8 Å². The SMILES string of the molecule is CC(C)C(OC(=O)Nc1nc(=O)n([C@@H]2O[C@H](C)[C@@H](O)[C@H]2O)cc1F)C(C)C. The number of ether oxygens (including phenoxy) is 2. The Kier molecular flexibility index (Phi) is 6.55. The summed E-state index contributed by atoms with van der Waals surface area (Å²) < 4.78 is 25.6. The number of aliphatic hydroxyl groups excluding tert-OH is 2. The molecule has 1 aromatic rings. The van der Waals surface area contributed by atoms with Crippen molar-refractivity contribution in [2.75, 3.05) is 5.32 Å². The Hall–Kier alpha value is -2.04. The number of aliphatic hydroxyl groups is 2. The van der Waals surface area contributed by atoms with Gasteiger partial charge in [-0.1, -0.05) is 27.7 Å². The van der Waals surface area contributed by atoms with Crippen LogP contribution in [0.15, 0.2) is 11.0 Å². The van der Waals surface area contributed by atoms with E-state index in [0.717, 1.165) is 10.8 Å². The molecule has 1 fully saturated rings. The van der Waals surface area contributed by atoms with Gasteiger partial charge in [0.1, 0.15) is 18.3 Å². The first kappa shape index (κ1) is 21.3. The highest BCUT2D eigenvalue weighted by Crippen LogP contribution is 2.28. The topological polar surface area (TPSA) is 123 Å². The molecule has 0 unspecified atom stereocenters. The fourth-order valence-corrected chi connectivity index (χ4v) is 3.06. The Labute approximate surface area is 156 Å². The third-order valence-corrected chi connectivity index (χ3v) is 4.44. The molecule has 0 aromatic carbocycles. The molecule has 0 radical (unpaired) electrons. The van der Waals surface area contributed by atoms with Crippen LogP contribution >= 0.6 is 0 Å². The van der Waals surface area contributed by atoms with Gasteiger partial charge < -0.3 is 19.7 Å². The van der Waals surface area contributed by atoms with Crippen LogP contribution in [0.25, 0.3) is 0 Å². The van der Waals surface area contributed by atoms with Crippen molar-refractivity contribution in [1.82, 2.24) is 9.55 Å². The van der Waals surface area contributed by atoms with Gasteiger partial charge in [0.15, 0.2) is 17.9 Å². The Bertz CT molecular complexity index is 730. The monoisotopic (exact) mass is 387 g/mol. The highest BCUT2D eigenvalue weighted by atomic mass is 19.1. The number of nitrogens with one attached hydrogen (secondary N) is 1. The van der Waals surface area contributed by atoms with Crippen molar-refractivity contribution in [1.29, 1.82) is 0 Å². The van der Waals surface area contributed by atoms with Crippen LogP contribution in [0.5, 0.6) is 0 Å². The lowest BCUT2D eigenvalue weighted by Crippen LogP contribution is -2.36. The number of rotatable bonds is 5. The summed E-state index contributed by atoms with van der Waals surface area (Å²) in [5.74, 6) is -1.50. The van der Waals surface area contributed by atoms with Gasteiger partial charge in [0.25, 0.3) is 0 Å². The first-order valence-corrected chi connectivity index (χ1v) is 8.80. The minimum Gasteiger partial charge on any atom is -0.445 e. The van der Waals surface area contributed by atoms with Gasteiger partial charge in [0.05, 0.1) is 12.3 Å². The van der Waals surface area contributed by atoms with E-state index in [1.165, 1.54) is 6.92 Å². The van der Waals surface area contributed by atoms with Gasteiger partial charge in [-0.25, -0.2) is 14.0 Å². The average Bonchev–Trinajstić information content (AvgIpc) is 2.82. The molecule has 1 aliphatic heterocycles. The molecule has 4 atom stereocenters. The van der Waals surface area contributed by atoms with Crippen molar-refractivity contribution in [2.45, 2.75) is 65.3 Å². The number of hydrogen-bond acceptors (Lipinski definition) is 7. The fourth-order valence-electron chi connectivity index (χ4n) is 3.06. The minimum absolute atomic E-state index is 0.0518. The van der Waals surface area contributed by atoms with E-state index < -0.39 is 54.1 Å². The summed E-state index contributed by atoms with van der Waals surface area (Å²) in [6, 6.07) is 0. The quantitative estimate of drug-likeness (QED) is 0.695. The summed E-state index contributed by atoms with van der Waals surface area (Å²) in [5, 5.41) is 21.8. The van der Waals surface area contributed by atoms with E-state index in [1.807, 2.05) is 27.7 Å². The van der Waals surface area contributed by atoms with E-state index in [4.69, 9.17) is 9.47 Å². The van der Waals surface area contributed by atoms with Crippen molar-refractivity contribution >= 4 is 11.9 Å². The summed E-state index contributed by atoms with van der Waals surface area (Å²) in [7, 11) is 0. The van der Waals surface area contributed by atoms with E-state index in [2.05, 4.69) is 10.3 Å². The molecule has 0 aliphatic carbocycles. The van der Waals surface area contributed by atoms with Gasteiger partial charge in [-0.05, 0) is 18.8 Å². The van der Waals surface area contributed by atoms with E-state index in [9.17, 15) is 24.2 Å². The van der Waals surface area contributed by atoms with Crippen molar-refractivity contribution in [3.8, 4) is 0 Å². The Balaban J connectivity index is 2.18. The molecule has 1 saturated heterocycles. The summed E-state index contributed by atoms with van der Waals surface area (Å²) in [4.78, 5) is 27.7. The molecule has 3 N–H and O–H groups in total. The summed E-state index contributed by atoms with van der Waals surface area (Å²) in [5.41, 5.74) is -0.957. The molecule has 0 spiro atoms. The molecule has 1 amide bonds. The van der Waals surface area contributed by atoms with Gasteiger partial charge in [-0.2, -0.15) is 4.98 Å². The van der Waals surface area contributed by atoms with Crippen molar-refractivity contribution in [3.05, 3.63) is 22.5 Å². The second-order valence-electron chi connectivity index (χ2n) is 7.32. The smallest absolute Gasteiger partial charge is 0.413 e. The van der Waals surface area contributed by atoms with Crippen LogP contribution in [-0.4, -0.2) is 50.3 Å². The van der Waals surface area contributed by atoms with Crippen LogP contribution < -0.4 is 11.0 Å². The molecule has 1 aromatic heterocycles. The zero-order valence-corrected chi connectivity index (χ0v) is 15.9. The van der Waals surface area contributed by atoms with Gasteiger partial charge in [-0.15, -0.1) is 0 Å². The van der Waals surface area contributed by atoms with Crippen LogP contribution in [0.3, 0.4) is 0 Å². The third kappa shape index (κ3) is 4.63.